The van der Waals surface area contributed by atoms with Gasteiger partial charge in [-0.15, -0.1) is 0 Å². The lowest BCUT2D eigenvalue weighted by molar-refractivity contribution is -0.288. The van der Waals surface area contributed by atoms with Crippen molar-refractivity contribution >= 4 is 67.9 Å². The average Bonchev–Trinajstić information content (AvgIpc) is 3.62. The quantitative estimate of drug-likeness (QED) is 0.103. The Kier molecular flexibility index (Phi) is 8.08. The molecule has 0 unspecified atom stereocenters. The number of para-hydroxylation sites is 1. The predicted octanol–water partition coefficient (Wildman–Crippen LogP) is 10.6. The van der Waals surface area contributed by atoms with Crippen LogP contribution >= 0.6 is 0 Å². The third kappa shape index (κ3) is 5.45. The van der Waals surface area contributed by atoms with Crippen LogP contribution in [0, 0.1) is 0 Å². The molecule has 2 aliphatic rings. The molecule has 0 saturated carbocycles. The van der Waals surface area contributed by atoms with Crippen molar-refractivity contribution in [3.05, 3.63) is 179 Å². The molecule has 4 amide bonds. The molecule has 2 heterocycles. The molecule has 7 aromatic carbocycles. The van der Waals surface area contributed by atoms with E-state index in [2.05, 4.69) is 12.1 Å². The van der Waals surface area contributed by atoms with Crippen molar-refractivity contribution in [1.82, 2.24) is 5.32 Å². The minimum Gasteiger partial charge on any atom is -0.310 e. The second-order valence-electron chi connectivity index (χ2n) is 13.9. The molecule has 0 saturated heterocycles. The summed E-state index contributed by atoms with van der Waals surface area (Å²) in [6.07, 6.45) is -12.1. The highest BCUT2D eigenvalue weighted by atomic mass is 19.4. The summed E-state index contributed by atoms with van der Waals surface area (Å²) < 4.78 is 90.4. The number of rotatable bonds is 6. The van der Waals surface area contributed by atoms with E-state index in [4.69, 9.17) is 0 Å². The van der Waals surface area contributed by atoms with E-state index in [1.54, 1.807) is 12.1 Å². The first-order valence-corrected chi connectivity index (χ1v) is 17.7. The van der Waals surface area contributed by atoms with Gasteiger partial charge in [-0.2, -0.15) is 26.3 Å². The van der Waals surface area contributed by atoms with Gasteiger partial charge in [0.2, 0.25) is 5.41 Å². The molecule has 2 aliphatic heterocycles. The Bertz CT molecular complexity index is 2880. The van der Waals surface area contributed by atoms with Crippen molar-refractivity contribution in [2.24, 2.45) is 0 Å². The van der Waals surface area contributed by atoms with Crippen LogP contribution in [0.5, 0.6) is 0 Å². The van der Waals surface area contributed by atoms with Crippen LogP contribution in [-0.2, 0) is 5.41 Å². The lowest BCUT2D eigenvalue weighted by Crippen LogP contribution is -2.55. The largest absolute Gasteiger partial charge is 0.411 e. The fraction of sp³-hybridized carbons (Fsp3) is 0.0667. The molecule has 0 aromatic heterocycles. The van der Waals surface area contributed by atoms with Gasteiger partial charge >= 0.3 is 12.4 Å². The molecule has 286 valence electrons. The Labute approximate surface area is 324 Å². The van der Waals surface area contributed by atoms with Crippen LogP contribution in [0.4, 0.5) is 49.1 Å². The molecule has 7 nitrogen and oxygen atoms in total. The van der Waals surface area contributed by atoms with E-state index in [-0.39, 0.29) is 11.3 Å². The average molecular weight is 786 g/mol. The second-order valence-corrected chi connectivity index (χ2v) is 13.9. The second kappa shape index (κ2) is 12.9. The lowest BCUT2D eigenvalue weighted by atomic mass is 9.71. The molecule has 0 bridgehead atoms. The summed E-state index contributed by atoms with van der Waals surface area (Å²) in [7, 11) is 0. The zero-order valence-electron chi connectivity index (χ0n) is 29.7. The van der Waals surface area contributed by atoms with Crippen molar-refractivity contribution in [2.75, 3.05) is 9.80 Å². The van der Waals surface area contributed by atoms with Gasteiger partial charge in [-0.1, -0.05) is 60.7 Å². The van der Waals surface area contributed by atoms with E-state index in [1.807, 2.05) is 83.0 Å². The topological polar surface area (TPSA) is 86.8 Å². The Hall–Kier alpha value is -7.28. The summed E-state index contributed by atoms with van der Waals surface area (Å²) in [5.41, 5.74) is -7.45. The number of carbonyl (C=O) groups excluding carboxylic acids is 4. The number of nitrogens with zero attached hydrogens (tertiary/aromatic N) is 2. The smallest absolute Gasteiger partial charge is 0.310 e. The first kappa shape index (κ1) is 36.4. The van der Waals surface area contributed by atoms with Crippen LogP contribution < -0.4 is 15.1 Å². The number of halogens is 6. The number of imide groups is 2. The Morgan fingerprint density at radius 2 is 0.931 bits per heavy atom. The van der Waals surface area contributed by atoms with E-state index in [0.717, 1.165) is 39.0 Å². The fourth-order valence-electron chi connectivity index (χ4n) is 7.93. The summed E-state index contributed by atoms with van der Waals surface area (Å²) in [6, 6.07) is 37.1. The van der Waals surface area contributed by atoms with Crippen LogP contribution in [0.15, 0.2) is 146 Å². The summed E-state index contributed by atoms with van der Waals surface area (Å²) in [6.45, 7) is 0. The van der Waals surface area contributed by atoms with Crippen molar-refractivity contribution in [3.63, 3.8) is 0 Å². The molecule has 7 aromatic rings. The third-order valence-corrected chi connectivity index (χ3v) is 10.7. The number of hydrogen-bond donors (Lipinski definition) is 1. The van der Waals surface area contributed by atoms with E-state index < -0.39 is 69.2 Å². The summed E-state index contributed by atoms with van der Waals surface area (Å²) in [5.74, 6) is -4.21. The maximum absolute atomic E-state index is 15.1. The van der Waals surface area contributed by atoms with Crippen molar-refractivity contribution < 1.29 is 45.5 Å². The first-order chi connectivity index (χ1) is 27.7. The van der Waals surface area contributed by atoms with Gasteiger partial charge in [0.15, 0.2) is 0 Å². The highest BCUT2D eigenvalue weighted by molar-refractivity contribution is 6.34. The molecular formula is C45H25F6N3O4. The number of nitrogens with one attached hydrogen (secondary N) is 1. The number of amides is 4. The maximum atomic E-state index is 15.1. The monoisotopic (exact) mass is 785 g/mol. The zero-order valence-corrected chi connectivity index (χ0v) is 29.7. The van der Waals surface area contributed by atoms with Crippen LogP contribution in [0.2, 0.25) is 0 Å². The SMILES string of the molecule is O=C1NC(=O)c2cc(C(c3ccc4c(c3)C(=O)N(c3ccc(N(c5ccccc5)c5ccc6cc7ccccc7cc6c5)cc3)C4=O)(C(F)(F)F)C(F)(F)F)ccc21. The minimum absolute atomic E-state index is 0.0294. The number of anilines is 4. The van der Waals surface area contributed by atoms with Gasteiger partial charge in [0.25, 0.3) is 23.6 Å². The molecule has 9 rings (SSSR count). The Morgan fingerprint density at radius 3 is 1.57 bits per heavy atom. The highest BCUT2D eigenvalue weighted by Gasteiger charge is 2.73. The molecular weight excluding hydrogens is 761 g/mol. The number of benzene rings is 7. The first-order valence-electron chi connectivity index (χ1n) is 17.7. The molecule has 0 radical (unpaired) electrons. The van der Waals surface area contributed by atoms with Crippen molar-refractivity contribution in [2.45, 2.75) is 17.8 Å². The molecule has 0 spiro atoms. The normalized spacial score (nSPS) is 14.3. The maximum Gasteiger partial charge on any atom is 0.411 e. The molecule has 58 heavy (non-hydrogen) atoms. The fourth-order valence-corrected chi connectivity index (χ4v) is 7.93. The van der Waals surface area contributed by atoms with Gasteiger partial charge in [-0.25, -0.2) is 4.90 Å². The van der Waals surface area contributed by atoms with Crippen LogP contribution in [-0.4, -0.2) is 36.0 Å². The molecule has 0 atom stereocenters. The Morgan fingerprint density at radius 1 is 0.431 bits per heavy atom. The van der Waals surface area contributed by atoms with Crippen molar-refractivity contribution in [3.8, 4) is 0 Å². The number of fused-ring (bicyclic) bond motifs is 4. The Balaban J connectivity index is 1.09. The highest BCUT2D eigenvalue weighted by Crippen LogP contribution is 2.57. The van der Waals surface area contributed by atoms with Gasteiger partial charge < -0.3 is 4.90 Å². The molecule has 0 fully saturated rings. The van der Waals surface area contributed by atoms with Crippen molar-refractivity contribution in [1.29, 1.82) is 0 Å². The van der Waals surface area contributed by atoms with E-state index >= 15 is 26.3 Å². The van der Waals surface area contributed by atoms with E-state index in [1.165, 1.54) is 12.1 Å². The summed E-state index contributed by atoms with van der Waals surface area (Å²) in [4.78, 5) is 54.6. The van der Waals surface area contributed by atoms with Gasteiger partial charge in [0.05, 0.1) is 27.9 Å². The van der Waals surface area contributed by atoms with Gasteiger partial charge in [-0.3, -0.25) is 24.5 Å². The predicted molar refractivity (Wildman–Crippen MR) is 205 cm³/mol. The van der Waals surface area contributed by atoms with Gasteiger partial charge in [0, 0.05) is 17.1 Å². The number of carbonyl (C=O) groups is 4. The zero-order chi connectivity index (χ0) is 40.7. The van der Waals surface area contributed by atoms with Gasteiger partial charge in [-0.05, 0) is 118 Å². The molecule has 0 aliphatic carbocycles. The third-order valence-electron chi connectivity index (χ3n) is 10.7. The van der Waals surface area contributed by atoms with Gasteiger partial charge in [0.1, 0.15) is 0 Å². The van der Waals surface area contributed by atoms with E-state index in [0.29, 0.717) is 40.9 Å². The van der Waals surface area contributed by atoms with Crippen LogP contribution in [0.25, 0.3) is 21.5 Å². The number of alkyl halides is 6. The van der Waals surface area contributed by atoms with Crippen LogP contribution in [0.1, 0.15) is 52.6 Å². The minimum atomic E-state index is -6.07. The number of hydrogen-bond acceptors (Lipinski definition) is 5. The van der Waals surface area contributed by atoms with Crippen LogP contribution in [0.3, 0.4) is 0 Å². The summed E-state index contributed by atoms with van der Waals surface area (Å²) >= 11 is 0. The lowest BCUT2D eigenvalue weighted by Gasteiger charge is -2.38. The summed E-state index contributed by atoms with van der Waals surface area (Å²) in [5, 5.41) is 6.02. The molecule has 1 N–H and O–H groups in total. The molecule has 13 heteroatoms. The van der Waals surface area contributed by atoms with E-state index in [9.17, 15) is 19.2 Å². The standard InChI is InChI=1S/C45H25F6N3O4/c46-44(47,48)43(45(49,50)51,29-11-18-35-37(23-29)40(56)52-39(35)55)30-12-19-36-38(24-30)42(58)54(41(36)57)33-16-14-32(15-17-33)53(31-8-2-1-3-9-31)34-13-10-27-20-25-6-4-5-7-26(25)21-28(27)22-34/h1-24H,(H,52,55,56).